The number of aryl methyl sites for hydroxylation is 1. The quantitative estimate of drug-likeness (QED) is 0.450. The second kappa shape index (κ2) is 5.31. The number of unbranched alkanes of at least 4 members (excludes halogenated alkanes) is 1. The molecule has 1 rings (SSSR count). The van der Waals surface area contributed by atoms with Gasteiger partial charge >= 0.3 is 6.09 Å². The molecule has 0 saturated carbocycles. The first-order chi connectivity index (χ1) is 7.16. The average molecular weight is 209 g/mol. The van der Waals surface area contributed by atoms with E-state index in [0.717, 1.165) is 24.8 Å². The summed E-state index contributed by atoms with van der Waals surface area (Å²) < 4.78 is 0. The molecule has 1 heterocycles. The van der Waals surface area contributed by atoms with E-state index in [-0.39, 0.29) is 0 Å². The Kier molecular flexibility index (Phi) is 4.05. The van der Waals surface area contributed by atoms with E-state index >= 15 is 0 Å². The number of pyridine rings is 1. The summed E-state index contributed by atoms with van der Waals surface area (Å²) in [4.78, 5) is 14.7. The Morgan fingerprint density at radius 1 is 1.67 bits per heavy atom. The van der Waals surface area contributed by atoms with Crippen molar-refractivity contribution in [1.29, 1.82) is 0 Å². The van der Waals surface area contributed by atoms with Gasteiger partial charge in [0.25, 0.3) is 0 Å². The van der Waals surface area contributed by atoms with Gasteiger partial charge in [0.1, 0.15) is 0 Å². The zero-order valence-electron chi connectivity index (χ0n) is 8.68. The Labute approximate surface area is 88.5 Å². The Balaban J connectivity index is 2.90. The highest BCUT2D eigenvalue weighted by molar-refractivity contribution is 5.84. The number of hydrazine groups is 1. The van der Waals surface area contributed by atoms with Crippen LogP contribution in [-0.4, -0.2) is 16.2 Å². The number of rotatable bonds is 4. The zero-order valence-corrected chi connectivity index (χ0v) is 8.68. The van der Waals surface area contributed by atoms with E-state index in [1.54, 1.807) is 6.07 Å². The monoisotopic (exact) mass is 209 g/mol. The van der Waals surface area contributed by atoms with Crippen molar-refractivity contribution in [3.8, 4) is 0 Å². The molecule has 0 spiro atoms. The van der Waals surface area contributed by atoms with Gasteiger partial charge in [0.15, 0.2) is 5.82 Å². The molecule has 0 aliphatic heterocycles. The molecule has 0 fully saturated rings. The molecule has 5 heteroatoms. The summed E-state index contributed by atoms with van der Waals surface area (Å²) in [6, 6.07) is 3.63. The lowest BCUT2D eigenvalue weighted by Gasteiger charge is -2.14. The van der Waals surface area contributed by atoms with E-state index in [2.05, 4.69) is 11.9 Å². The van der Waals surface area contributed by atoms with Crippen molar-refractivity contribution in [2.75, 3.05) is 5.01 Å². The lowest BCUT2D eigenvalue weighted by molar-refractivity contribution is 0.201. The summed E-state index contributed by atoms with van der Waals surface area (Å²) in [6.07, 6.45) is 3.17. The summed E-state index contributed by atoms with van der Waals surface area (Å²) in [6.45, 7) is 2.08. The van der Waals surface area contributed by atoms with Gasteiger partial charge in [0.05, 0.1) is 0 Å². The number of hydrogen-bond donors (Lipinski definition) is 2. The predicted molar refractivity (Wildman–Crippen MR) is 57.5 cm³/mol. The molecule has 5 nitrogen and oxygen atoms in total. The number of carbonyl (C=O) groups is 1. The fraction of sp³-hybridized carbons (Fsp3) is 0.400. The lowest BCUT2D eigenvalue weighted by atomic mass is 10.1. The Bertz CT molecular complexity index is 341. The molecule has 0 aliphatic carbocycles. The van der Waals surface area contributed by atoms with Crippen LogP contribution in [0.5, 0.6) is 0 Å². The Hall–Kier alpha value is -1.62. The maximum atomic E-state index is 10.7. The van der Waals surface area contributed by atoms with Gasteiger partial charge in [-0.25, -0.2) is 15.6 Å². The lowest BCUT2D eigenvalue weighted by Crippen LogP contribution is -2.37. The highest BCUT2D eigenvalue weighted by Gasteiger charge is 2.14. The fourth-order valence-corrected chi connectivity index (χ4v) is 1.30. The summed E-state index contributed by atoms with van der Waals surface area (Å²) in [5, 5.41) is 9.40. The minimum atomic E-state index is -1.20. The summed E-state index contributed by atoms with van der Waals surface area (Å²) in [5.74, 6) is 5.70. The topological polar surface area (TPSA) is 79.5 Å². The van der Waals surface area contributed by atoms with Crippen LogP contribution < -0.4 is 10.9 Å². The molecular formula is C10H15N3O2. The SMILES string of the molecule is CCCCc1cccnc1N(N)C(=O)O. The number of carboxylic acid groups (broad SMARTS) is 1. The van der Waals surface area contributed by atoms with Crippen LogP contribution in [-0.2, 0) is 6.42 Å². The van der Waals surface area contributed by atoms with Crippen LogP contribution in [0.1, 0.15) is 25.3 Å². The Morgan fingerprint density at radius 3 is 3.00 bits per heavy atom. The molecule has 0 radical (unpaired) electrons. The molecular weight excluding hydrogens is 194 g/mol. The van der Waals surface area contributed by atoms with Crippen LogP contribution in [0.25, 0.3) is 0 Å². The first kappa shape index (κ1) is 11.5. The first-order valence-electron chi connectivity index (χ1n) is 4.88. The largest absolute Gasteiger partial charge is 0.464 e. The molecule has 82 valence electrons. The van der Waals surface area contributed by atoms with Crippen molar-refractivity contribution in [3.63, 3.8) is 0 Å². The second-order valence-electron chi connectivity index (χ2n) is 3.24. The first-order valence-corrected chi connectivity index (χ1v) is 4.88. The van der Waals surface area contributed by atoms with Gasteiger partial charge in [-0.2, -0.15) is 5.01 Å². The third-order valence-corrected chi connectivity index (χ3v) is 2.10. The van der Waals surface area contributed by atoms with E-state index in [1.165, 1.54) is 6.20 Å². The summed E-state index contributed by atoms with van der Waals surface area (Å²) >= 11 is 0. The molecule has 0 aliphatic rings. The molecule has 0 bridgehead atoms. The number of anilines is 1. The normalized spacial score (nSPS) is 10.0. The van der Waals surface area contributed by atoms with Gasteiger partial charge in [0, 0.05) is 6.20 Å². The number of aromatic nitrogens is 1. The van der Waals surface area contributed by atoms with Gasteiger partial charge < -0.3 is 5.11 Å². The van der Waals surface area contributed by atoms with Gasteiger partial charge in [-0.15, -0.1) is 0 Å². The summed E-state index contributed by atoms with van der Waals surface area (Å²) in [7, 11) is 0. The molecule has 0 unspecified atom stereocenters. The number of nitrogens with zero attached hydrogens (tertiary/aromatic N) is 2. The van der Waals surface area contributed by atoms with Crippen molar-refractivity contribution >= 4 is 11.9 Å². The van der Waals surface area contributed by atoms with Gasteiger partial charge in [0.2, 0.25) is 0 Å². The van der Waals surface area contributed by atoms with Crippen molar-refractivity contribution in [2.24, 2.45) is 5.84 Å². The highest BCUT2D eigenvalue weighted by Crippen LogP contribution is 2.16. The van der Waals surface area contributed by atoms with Crippen LogP contribution in [0.15, 0.2) is 18.3 Å². The van der Waals surface area contributed by atoms with Crippen LogP contribution >= 0.6 is 0 Å². The minimum absolute atomic E-state index is 0.318. The maximum Gasteiger partial charge on any atom is 0.427 e. The average Bonchev–Trinajstić information content (AvgIpc) is 2.25. The van der Waals surface area contributed by atoms with Crippen LogP contribution in [0.3, 0.4) is 0 Å². The van der Waals surface area contributed by atoms with Gasteiger partial charge in [-0.05, 0) is 24.5 Å². The summed E-state index contributed by atoms with van der Waals surface area (Å²) in [5.41, 5.74) is 0.865. The van der Waals surface area contributed by atoms with Crippen LogP contribution in [0.2, 0.25) is 0 Å². The third-order valence-electron chi connectivity index (χ3n) is 2.10. The van der Waals surface area contributed by atoms with Crippen molar-refractivity contribution in [2.45, 2.75) is 26.2 Å². The maximum absolute atomic E-state index is 10.7. The predicted octanol–water partition coefficient (Wildman–Crippen LogP) is 1.78. The number of nitrogens with two attached hydrogens (primary N) is 1. The fourth-order valence-electron chi connectivity index (χ4n) is 1.30. The molecule has 15 heavy (non-hydrogen) atoms. The van der Waals surface area contributed by atoms with Crippen LogP contribution in [0.4, 0.5) is 10.6 Å². The van der Waals surface area contributed by atoms with Crippen molar-refractivity contribution < 1.29 is 9.90 Å². The number of hydrogen-bond acceptors (Lipinski definition) is 3. The molecule has 3 N–H and O–H groups in total. The molecule has 1 aromatic heterocycles. The van der Waals surface area contributed by atoms with Crippen molar-refractivity contribution in [1.82, 2.24) is 4.98 Å². The highest BCUT2D eigenvalue weighted by atomic mass is 16.4. The molecule has 0 aromatic carbocycles. The smallest absolute Gasteiger partial charge is 0.427 e. The molecule has 1 amide bonds. The van der Waals surface area contributed by atoms with E-state index in [9.17, 15) is 4.79 Å². The van der Waals surface area contributed by atoms with E-state index in [4.69, 9.17) is 10.9 Å². The molecule has 0 atom stereocenters. The van der Waals surface area contributed by atoms with E-state index in [1.807, 2.05) is 6.07 Å². The zero-order chi connectivity index (χ0) is 11.3. The van der Waals surface area contributed by atoms with Crippen molar-refractivity contribution in [3.05, 3.63) is 23.9 Å². The minimum Gasteiger partial charge on any atom is -0.464 e. The van der Waals surface area contributed by atoms with E-state index in [0.29, 0.717) is 10.8 Å². The van der Waals surface area contributed by atoms with Gasteiger partial charge in [-0.1, -0.05) is 19.4 Å². The molecule has 1 aromatic rings. The second-order valence-corrected chi connectivity index (χ2v) is 3.24. The Morgan fingerprint density at radius 2 is 2.40 bits per heavy atom. The molecule has 0 saturated heterocycles. The third kappa shape index (κ3) is 2.92. The van der Waals surface area contributed by atoms with Crippen LogP contribution in [0, 0.1) is 0 Å². The van der Waals surface area contributed by atoms with E-state index < -0.39 is 6.09 Å². The standard InChI is InChI=1S/C10H15N3O2/c1-2-3-5-8-6-4-7-12-9(8)13(11)10(14)15/h4,6-7H,2-3,5,11H2,1H3,(H,14,15). The number of amides is 1. The van der Waals surface area contributed by atoms with Gasteiger partial charge in [-0.3, -0.25) is 0 Å².